The maximum atomic E-state index is 11.0. The van der Waals surface area contributed by atoms with Crippen LogP contribution in [0.15, 0.2) is 12.5 Å². The van der Waals surface area contributed by atoms with Gasteiger partial charge in [0, 0.05) is 25.4 Å². The van der Waals surface area contributed by atoms with Crippen LogP contribution in [-0.4, -0.2) is 39.9 Å². The standard InChI is InChI=1S/C9H13N3O4/c1-12-4-10-3-6(12)2-7(8(13)14)11-9-15-5-16-9/h3-4,7,9,11H,2,5H2,1H3,(H,13,14)/t7-/m0/s1. The average molecular weight is 227 g/mol. The van der Waals surface area contributed by atoms with Crippen molar-refractivity contribution in [2.75, 3.05) is 6.79 Å². The number of carboxylic acids is 1. The number of aromatic nitrogens is 2. The van der Waals surface area contributed by atoms with Gasteiger partial charge in [0.2, 0.25) is 6.41 Å². The summed E-state index contributed by atoms with van der Waals surface area (Å²) in [6, 6.07) is -0.749. The van der Waals surface area contributed by atoms with Crippen molar-refractivity contribution in [1.82, 2.24) is 14.9 Å². The quantitative estimate of drug-likeness (QED) is 0.691. The second kappa shape index (κ2) is 4.60. The topological polar surface area (TPSA) is 85.6 Å². The minimum atomic E-state index is -0.944. The molecule has 2 rings (SSSR count). The van der Waals surface area contributed by atoms with Gasteiger partial charge in [-0.05, 0) is 0 Å². The van der Waals surface area contributed by atoms with Gasteiger partial charge in [0.15, 0.2) is 6.79 Å². The zero-order valence-corrected chi connectivity index (χ0v) is 8.79. The first-order valence-electron chi connectivity index (χ1n) is 4.84. The summed E-state index contributed by atoms with van der Waals surface area (Å²) in [7, 11) is 1.82. The molecule has 1 fully saturated rings. The lowest BCUT2D eigenvalue weighted by Gasteiger charge is -2.29. The van der Waals surface area contributed by atoms with Crippen LogP contribution in [0.25, 0.3) is 0 Å². The SMILES string of the molecule is Cn1cncc1C[C@H](NC1OCO1)C(=O)O. The molecule has 1 saturated heterocycles. The van der Waals surface area contributed by atoms with E-state index in [2.05, 4.69) is 10.3 Å². The van der Waals surface area contributed by atoms with Crippen LogP contribution in [0.3, 0.4) is 0 Å². The molecule has 88 valence electrons. The van der Waals surface area contributed by atoms with Gasteiger partial charge in [-0.2, -0.15) is 0 Å². The first kappa shape index (κ1) is 11.1. The zero-order valence-electron chi connectivity index (χ0n) is 8.79. The Bertz CT molecular complexity index is 375. The number of nitrogens with zero attached hydrogens (tertiary/aromatic N) is 2. The van der Waals surface area contributed by atoms with Gasteiger partial charge < -0.3 is 19.1 Å². The number of hydrogen-bond acceptors (Lipinski definition) is 5. The van der Waals surface area contributed by atoms with Gasteiger partial charge in [0.25, 0.3) is 0 Å². The van der Waals surface area contributed by atoms with Gasteiger partial charge in [-0.3, -0.25) is 10.1 Å². The van der Waals surface area contributed by atoms with Crippen LogP contribution < -0.4 is 5.32 Å². The molecule has 16 heavy (non-hydrogen) atoms. The first-order valence-corrected chi connectivity index (χ1v) is 4.84. The fraction of sp³-hybridized carbons (Fsp3) is 0.556. The number of carboxylic acid groups (broad SMARTS) is 1. The molecule has 1 aliphatic rings. The summed E-state index contributed by atoms with van der Waals surface area (Å²) in [4.78, 5) is 14.9. The van der Waals surface area contributed by atoms with E-state index in [1.807, 2.05) is 7.05 Å². The van der Waals surface area contributed by atoms with Crippen molar-refractivity contribution in [2.24, 2.45) is 7.05 Å². The molecule has 1 aromatic heterocycles. The normalized spacial score (nSPS) is 18.1. The van der Waals surface area contributed by atoms with E-state index in [1.165, 1.54) is 0 Å². The number of rotatable bonds is 5. The Morgan fingerprint density at radius 3 is 3.00 bits per heavy atom. The van der Waals surface area contributed by atoms with Gasteiger partial charge in [-0.1, -0.05) is 0 Å². The third-order valence-electron chi connectivity index (χ3n) is 2.40. The van der Waals surface area contributed by atoms with E-state index in [9.17, 15) is 4.79 Å². The summed E-state index contributed by atoms with van der Waals surface area (Å²) in [6.45, 7) is 0.204. The predicted octanol–water partition coefficient (Wildman–Crippen LogP) is -0.707. The monoisotopic (exact) mass is 227 g/mol. The number of imidazole rings is 1. The van der Waals surface area contributed by atoms with Crippen LogP contribution >= 0.6 is 0 Å². The zero-order chi connectivity index (χ0) is 11.5. The molecule has 0 bridgehead atoms. The molecule has 0 radical (unpaired) electrons. The molecule has 0 unspecified atom stereocenters. The number of ether oxygens (including phenoxy) is 2. The second-order valence-corrected chi connectivity index (χ2v) is 3.54. The lowest BCUT2D eigenvalue weighted by molar-refractivity contribution is -0.335. The van der Waals surface area contributed by atoms with Crippen molar-refractivity contribution in [3.63, 3.8) is 0 Å². The summed E-state index contributed by atoms with van der Waals surface area (Å²) in [6.07, 6.45) is 2.98. The van der Waals surface area contributed by atoms with E-state index in [4.69, 9.17) is 14.6 Å². The fourth-order valence-corrected chi connectivity index (χ4v) is 1.40. The lowest BCUT2D eigenvalue weighted by Crippen LogP contribution is -2.52. The van der Waals surface area contributed by atoms with Crippen LogP contribution in [-0.2, 0) is 27.7 Å². The summed E-state index contributed by atoms with van der Waals surface area (Å²) in [5.41, 5.74) is 0.833. The smallest absolute Gasteiger partial charge is 0.321 e. The third-order valence-corrected chi connectivity index (χ3v) is 2.40. The lowest BCUT2D eigenvalue weighted by atomic mass is 10.1. The van der Waals surface area contributed by atoms with E-state index >= 15 is 0 Å². The molecule has 1 atom stereocenters. The van der Waals surface area contributed by atoms with E-state index in [0.717, 1.165) is 5.69 Å². The minimum Gasteiger partial charge on any atom is -0.480 e. The molecule has 2 heterocycles. The van der Waals surface area contributed by atoms with E-state index in [0.29, 0.717) is 6.42 Å². The number of aliphatic carboxylic acids is 1. The van der Waals surface area contributed by atoms with Gasteiger partial charge >= 0.3 is 5.97 Å². The summed E-state index contributed by atoms with van der Waals surface area (Å²) in [5, 5.41) is 11.8. The minimum absolute atomic E-state index is 0.204. The number of hydrogen-bond donors (Lipinski definition) is 2. The highest BCUT2D eigenvalue weighted by atomic mass is 16.9. The Hall–Kier alpha value is -1.44. The summed E-state index contributed by atoms with van der Waals surface area (Å²) >= 11 is 0. The number of aryl methyl sites for hydroxylation is 1. The van der Waals surface area contributed by atoms with Crippen molar-refractivity contribution in [2.45, 2.75) is 18.9 Å². The highest BCUT2D eigenvalue weighted by Gasteiger charge is 2.27. The Kier molecular flexibility index (Phi) is 3.18. The molecule has 7 nitrogen and oxygen atoms in total. The Balaban J connectivity index is 1.96. The molecule has 7 heteroatoms. The van der Waals surface area contributed by atoms with E-state index in [-0.39, 0.29) is 6.79 Å². The van der Waals surface area contributed by atoms with Gasteiger partial charge in [0.05, 0.1) is 6.33 Å². The number of carbonyl (C=O) groups is 1. The van der Waals surface area contributed by atoms with Crippen molar-refractivity contribution in [3.8, 4) is 0 Å². The van der Waals surface area contributed by atoms with Crippen molar-refractivity contribution < 1.29 is 19.4 Å². The molecular weight excluding hydrogens is 214 g/mol. The Morgan fingerprint density at radius 2 is 2.56 bits per heavy atom. The second-order valence-electron chi connectivity index (χ2n) is 3.54. The van der Waals surface area contributed by atoms with Crippen LogP contribution in [0.2, 0.25) is 0 Å². The Labute approximate surface area is 92.0 Å². The molecule has 0 aromatic carbocycles. The van der Waals surface area contributed by atoms with Gasteiger partial charge in [0.1, 0.15) is 6.04 Å². The van der Waals surface area contributed by atoms with Crippen LogP contribution in [0.1, 0.15) is 5.69 Å². The molecule has 1 aliphatic heterocycles. The number of nitrogens with one attached hydrogen (secondary N) is 1. The van der Waals surface area contributed by atoms with Crippen molar-refractivity contribution in [1.29, 1.82) is 0 Å². The molecule has 0 spiro atoms. The van der Waals surface area contributed by atoms with Gasteiger partial charge in [-0.15, -0.1) is 0 Å². The van der Waals surface area contributed by atoms with Crippen LogP contribution in [0, 0.1) is 0 Å². The van der Waals surface area contributed by atoms with E-state index in [1.54, 1.807) is 17.1 Å². The highest BCUT2D eigenvalue weighted by Crippen LogP contribution is 2.08. The molecular formula is C9H13N3O4. The van der Waals surface area contributed by atoms with Gasteiger partial charge in [-0.25, -0.2) is 4.98 Å². The van der Waals surface area contributed by atoms with Crippen molar-refractivity contribution in [3.05, 3.63) is 18.2 Å². The first-order chi connectivity index (χ1) is 7.66. The molecule has 2 N–H and O–H groups in total. The van der Waals surface area contributed by atoms with E-state index < -0.39 is 18.4 Å². The molecule has 1 aromatic rings. The predicted molar refractivity (Wildman–Crippen MR) is 52.3 cm³/mol. The third kappa shape index (κ3) is 2.38. The largest absolute Gasteiger partial charge is 0.480 e. The maximum absolute atomic E-state index is 11.0. The van der Waals surface area contributed by atoms with Crippen LogP contribution in [0.4, 0.5) is 0 Å². The molecule has 0 amide bonds. The van der Waals surface area contributed by atoms with Crippen molar-refractivity contribution >= 4 is 5.97 Å². The molecule has 0 saturated carbocycles. The fourth-order valence-electron chi connectivity index (χ4n) is 1.40. The summed E-state index contributed by atoms with van der Waals surface area (Å²) in [5.74, 6) is -0.944. The Morgan fingerprint density at radius 1 is 1.81 bits per heavy atom. The van der Waals surface area contributed by atoms with Crippen LogP contribution in [0.5, 0.6) is 0 Å². The highest BCUT2D eigenvalue weighted by molar-refractivity contribution is 5.73. The maximum Gasteiger partial charge on any atom is 0.321 e. The average Bonchev–Trinajstić information content (AvgIpc) is 2.55. The summed E-state index contributed by atoms with van der Waals surface area (Å²) < 4.78 is 11.7. The molecule has 0 aliphatic carbocycles.